The third-order valence-corrected chi connectivity index (χ3v) is 7.77. The predicted octanol–water partition coefficient (Wildman–Crippen LogP) is 5.29. The number of amides is 2. The maximum absolute atomic E-state index is 13.3. The first kappa shape index (κ1) is 26.3. The van der Waals surface area contributed by atoms with Crippen LogP contribution in [0.2, 0.25) is 5.02 Å². The Hall–Kier alpha value is -2.73. The third kappa shape index (κ3) is 6.73. The largest absolute Gasteiger partial charge is 0.496 e. The van der Waals surface area contributed by atoms with E-state index < -0.39 is 0 Å². The van der Waals surface area contributed by atoms with Crippen LogP contribution in [0.4, 0.5) is 0 Å². The number of carbonyl (C=O) groups excluding carboxylic acids is 2. The van der Waals surface area contributed by atoms with Crippen LogP contribution in [0.1, 0.15) is 49.7 Å². The zero-order valence-electron chi connectivity index (χ0n) is 21.4. The van der Waals surface area contributed by atoms with E-state index in [4.69, 9.17) is 21.1 Å². The van der Waals surface area contributed by atoms with Crippen LogP contribution in [0.15, 0.2) is 42.5 Å². The summed E-state index contributed by atoms with van der Waals surface area (Å²) in [6.07, 6.45) is 5.54. The lowest BCUT2D eigenvalue weighted by atomic mass is 9.75. The molecule has 0 bridgehead atoms. The van der Waals surface area contributed by atoms with E-state index in [1.165, 1.54) is 6.42 Å². The van der Waals surface area contributed by atoms with Crippen molar-refractivity contribution in [2.24, 2.45) is 5.41 Å². The summed E-state index contributed by atoms with van der Waals surface area (Å²) in [6.45, 7) is 5.35. The molecule has 0 unspecified atom stereocenters. The summed E-state index contributed by atoms with van der Waals surface area (Å²) in [6, 6.07) is 13.3. The molecule has 0 saturated carbocycles. The zero-order valence-corrected chi connectivity index (χ0v) is 22.2. The molecule has 2 aliphatic heterocycles. The van der Waals surface area contributed by atoms with Gasteiger partial charge in [0.15, 0.2) is 0 Å². The molecule has 2 amide bonds. The number of piperidine rings is 2. The number of methoxy groups -OCH3 is 1. The van der Waals surface area contributed by atoms with Crippen LogP contribution in [0.3, 0.4) is 0 Å². The number of carbonyl (C=O) groups is 2. The number of rotatable bonds is 8. The van der Waals surface area contributed by atoms with Crippen LogP contribution in [0, 0.1) is 12.3 Å². The average molecular weight is 513 g/mol. The lowest BCUT2D eigenvalue weighted by molar-refractivity contribution is -0.138. The van der Waals surface area contributed by atoms with E-state index in [9.17, 15) is 9.59 Å². The zero-order chi connectivity index (χ0) is 25.5. The van der Waals surface area contributed by atoms with Crippen LogP contribution in [-0.2, 0) is 16.0 Å². The molecule has 36 heavy (non-hydrogen) atoms. The highest BCUT2D eigenvalue weighted by Crippen LogP contribution is 2.37. The maximum Gasteiger partial charge on any atom is 0.227 e. The fourth-order valence-corrected chi connectivity index (χ4v) is 5.47. The first-order valence-corrected chi connectivity index (χ1v) is 13.3. The molecule has 7 heteroatoms. The highest BCUT2D eigenvalue weighted by Gasteiger charge is 2.40. The second kappa shape index (κ2) is 12.0. The van der Waals surface area contributed by atoms with Crippen LogP contribution in [0.25, 0.3) is 0 Å². The van der Waals surface area contributed by atoms with Gasteiger partial charge in [-0.05, 0) is 63.3 Å². The van der Waals surface area contributed by atoms with Crippen molar-refractivity contribution in [1.82, 2.24) is 9.80 Å². The van der Waals surface area contributed by atoms with Gasteiger partial charge in [-0.1, -0.05) is 35.4 Å². The van der Waals surface area contributed by atoms with E-state index in [-0.39, 0.29) is 17.2 Å². The molecule has 0 radical (unpaired) electrons. The number of likely N-dealkylation sites (tertiary alicyclic amines) is 2. The number of halogens is 1. The molecule has 0 spiro atoms. The average Bonchev–Trinajstić information content (AvgIpc) is 2.89. The summed E-state index contributed by atoms with van der Waals surface area (Å²) in [5.41, 5.74) is 1.70. The van der Waals surface area contributed by atoms with Crippen LogP contribution in [-0.4, -0.2) is 61.5 Å². The number of hydrogen-bond donors (Lipinski definition) is 0. The molecule has 0 atom stereocenters. The molecular weight excluding hydrogens is 476 g/mol. The van der Waals surface area contributed by atoms with Crippen molar-refractivity contribution in [3.8, 4) is 11.5 Å². The molecule has 2 heterocycles. The Kier molecular flexibility index (Phi) is 8.78. The number of benzene rings is 2. The van der Waals surface area contributed by atoms with Crippen LogP contribution >= 0.6 is 11.6 Å². The highest BCUT2D eigenvalue weighted by molar-refractivity contribution is 6.30. The Morgan fingerprint density at radius 2 is 1.67 bits per heavy atom. The fraction of sp³-hybridized carbons (Fsp3) is 0.517. The van der Waals surface area contributed by atoms with Gasteiger partial charge in [0.2, 0.25) is 11.8 Å². The molecule has 2 fully saturated rings. The van der Waals surface area contributed by atoms with E-state index in [1.54, 1.807) is 13.2 Å². The molecule has 2 aromatic rings. The summed E-state index contributed by atoms with van der Waals surface area (Å²) in [5, 5.41) is 0.623. The fourth-order valence-electron chi connectivity index (χ4n) is 5.29. The normalized spacial score (nSPS) is 17.5. The van der Waals surface area contributed by atoms with E-state index in [0.717, 1.165) is 55.6 Å². The minimum Gasteiger partial charge on any atom is -0.496 e. The SMILES string of the molecule is COc1ccc(C)cc1CC(=O)N1CCC(COc2cccc(Cl)c2)(CC(=O)N2CCCCC2)CC1. The second-order valence-corrected chi connectivity index (χ2v) is 10.7. The van der Waals surface area contributed by atoms with Crippen molar-refractivity contribution < 1.29 is 19.1 Å². The summed E-state index contributed by atoms with van der Waals surface area (Å²) < 4.78 is 11.6. The Bertz CT molecular complexity index is 1060. The first-order chi connectivity index (χ1) is 17.4. The molecule has 0 aromatic heterocycles. The monoisotopic (exact) mass is 512 g/mol. The molecule has 0 N–H and O–H groups in total. The van der Waals surface area contributed by atoms with Crippen molar-refractivity contribution in [2.45, 2.75) is 51.9 Å². The van der Waals surface area contributed by atoms with Crippen LogP contribution in [0.5, 0.6) is 11.5 Å². The highest BCUT2D eigenvalue weighted by atomic mass is 35.5. The standard InChI is InChI=1S/C29H37ClN2O4/c1-22-9-10-26(35-2)23(17-22)18-27(33)32-15-11-29(12-16-32,20-28(34)31-13-4-3-5-14-31)21-36-25-8-6-7-24(30)19-25/h6-10,17,19H,3-5,11-16,18,20-21H2,1-2H3. The molecule has 2 aliphatic rings. The lowest BCUT2D eigenvalue weighted by Gasteiger charge is -2.42. The van der Waals surface area contributed by atoms with Gasteiger partial charge in [0.25, 0.3) is 0 Å². The molecule has 0 aliphatic carbocycles. The minimum atomic E-state index is -0.311. The quantitative estimate of drug-likeness (QED) is 0.482. The summed E-state index contributed by atoms with van der Waals surface area (Å²) in [5.74, 6) is 1.74. The number of ether oxygens (including phenoxy) is 2. The molecule has 2 aromatic carbocycles. The van der Waals surface area contributed by atoms with Crippen molar-refractivity contribution in [2.75, 3.05) is 39.9 Å². The Balaban J connectivity index is 1.43. The molecule has 6 nitrogen and oxygen atoms in total. The van der Waals surface area contributed by atoms with E-state index in [2.05, 4.69) is 0 Å². The Labute approximate surface area is 219 Å². The smallest absolute Gasteiger partial charge is 0.227 e. The number of hydrogen-bond acceptors (Lipinski definition) is 4. The molecule has 194 valence electrons. The van der Waals surface area contributed by atoms with Gasteiger partial charge in [-0.3, -0.25) is 9.59 Å². The molecular formula is C29H37ClN2O4. The Morgan fingerprint density at radius 1 is 0.944 bits per heavy atom. The predicted molar refractivity (Wildman–Crippen MR) is 142 cm³/mol. The number of aryl methyl sites for hydroxylation is 1. The minimum absolute atomic E-state index is 0.0885. The van der Waals surface area contributed by atoms with E-state index in [0.29, 0.717) is 43.3 Å². The summed E-state index contributed by atoms with van der Waals surface area (Å²) in [4.78, 5) is 30.4. The van der Waals surface area contributed by atoms with Crippen molar-refractivity contribution in [1.29, 1.82) is 0 Å². The summed E-state index contributed by atoms with van der Waals surface area (Å²) in [7, 11) is 1.63. The topological polar surface area (TPSA) is 59.1 Å². The van der Waals surface area contributed by atoms with Crippen LogP contribution < -0.4 is 9.47 Å². The Morgan fingerprint density at radius 3 is 2.36 bits per heavy atom. The second-order valence-electron chi connectivity index (χ2n) is 10.2. The van der Waals surface area contributed by atoms with E-state index >= 15 is 0 Å². The van der Waals surface area contributed by atoms with Gasteiger partial charge < -0.3 is 19.3 Å². The third-order valence-electron chi connectivity index (χ3n) is 7.53. The van der Waals surface area contributed by atoms with Gasteiger partial charge in [0.1, 0.15) is 11.5 Å². The maximum atomic E-state index is 13.3. The van der Waals surface area contributed by atoms with Crippen molar-refractivity contribution in [3.05, 3.63) is 58.6 Å². The van der Waals surface area contributed by atoms with Gasteiger partial charge in [-0.15, -0.1) is 0 Å². The van der Waals surface area contributed by atoms with Gasteiger partial charge in [0.05, 0.1) is 20.1 Å². The number of nitrogens with zero attached hydrogens (tertiary/aromatic N) is 2. The lowest BCUT2D eigenvalue weighted by Crippen LogP contribution is -2.48. The first-order valence-electron chi connectivity index (χ1n) is 12.9. The van der Waals surface area contributed by atoms with Gasteiger partial charge >= 0.3 is 0 Å². The van der Waals surface area contributed by atoms with Crippen molar-refractivity contribution in [3.63, 3.8) is 0 Å². The van der Waals surface area contributed by atoms with Gasteiger partial charge in [-0.25, -0.2) is 0 Å². The molecule has 4 rings (SSSR count). The summed E-state index contributed by atoms with van der Waals surface area (Å²) >= 11 is 6.14. The molecule has 2 saturated heterocycles. The van der Waals surface area contributed by atoms with Gasteiger partial charge in [-0.2, -0.15) is 0 Å². The van der Waals surface area contributed by atoms with Gasteiger partial charge in [0, 0.05) is 48.6 Å². The van der Waals surface area contributed by atoms with E-state index in [1.807, 2.05) is 53.1 Å². The van der Waals surface area contributed by atoms with Crippen molar-refractivity contribution >= 4 is 23.4 Å².